The summed E-state index contributed by atoms with van der Waals surface area (Å²) in [4.78, 5) is 10.8. The second-order valence-corrected chi connectivity index (χ2v) is 4.27. The summed E-state index contributed by atoms with van der Waals surface area (Å²) in [6, 6.07) is 9.64. The average Bonchev–Trinajstić information content (AvgIpc) is 2.89. The topological polar surface area (TPSA) is 79.9 Å². The van der Waals surface area contributed by atoms with Crippen LogP contribution in [0.4, 0.5) is 0 Å². The maximum atomic E-state index is 10.8. The zero-order chi connectivity index (χ0) is 14.0. The van der Waals surface area contributed by atoms with Gasteiger partial charge in [0.25, 0.3) is 0 Å². The summed E-state index contributed by atoms with van der Waals surface area (Å²) in [6.45, 7) is 1.53. The maximum Gasteiger partial charge on any atom is 0.371 e. The number of furan rings is 1. The molecule has 0 bridgehead atoms. The lowest BCUT2D eigenvalue weighted by atomic mass is 9.93. The molecule has 0 fully saturated rings. The van der Waals surface area contributed by atoms with Crippen molar-refractivity contribution >= 4 is 5.97 Å². The first-order chi connectivity index (χ1) is 8.95. The molecule has 0 aliphatic carbocycles. The minimum absolute atomic E-state index is 0.165. The lowest BCUT2D eigenvalue weighted by Crippen LogP contribution is -2.22. The third-order valence-electron chi connectivity index (χ3n) is 2.93. The van der Waals surface area contributed by atoms with Crippen molar-refractivity contribution in [1.29, 1.82) is 0 Å². The number of benzene rings is 1. The van der Waals surface area contributed by atoms with Gasteiger partial charge in [-0.05, 0) is 36.8 Å². The summed E-state index contributed by atoms with van der Waals surface area (Å²) in [6.07, 6.45) is 0. The fourth-order valence-electron chi connectivity index (χ4n) is 1.78. The Kier molecular flexibility index (Phi) is 3.31. The van der Waals surface area contributed by atoms with E-state index < -0.39 is 11.6 Å². The fourth-order valence-corrected chi connectivity index (χ4v) is 1.78. The van der Waals surface area contributed by atoms with Gasteiger partial charge in [-0.3, -0.25) is 0 Å². The third-order valence-corrected chi connectivity index (χ3v) is 2.93. The van der Waals surface area contributed by atoms with Gasteiger partial charge in [-0.2, -0.15) is 0 Å². The van der Waals surface area contributed by atoms with Crippen LogP contribution in [0.15, 0.2) is 40.8 Å². The quantitative estimate of drug-likeness (QED) is 0.883. The van der Waals surface area contributed by atoms with Crippen molar-refractivity contribution in [2.24, 2.45) is 0 Å². The molecule has 2 aromatic rings. The van der Waals surface area contributed by atoms with Crippen molar-refractivity contribution in [2.75, 3.05) is 7.11 Å². The molecule has 0 aliphatic rings. The van der Waals surface area contributed by atoms with Crippen molar-refractivity contribution in [1.82, 2.24) is 0 Å². The first kappa shape index (κ1) is 13.2. The van der Waals surface area contributed by atoms with Gasteiger partial charge in [0.2, 0.25) is 5.76 Å². The van der Waals surface area contributed by atoms with E-state index in [4.69, 9.17) is 14.3 Å². The Morgan fingerprint density at radius 2 is 2.05 bits per heavy atom. The standard InChI is InChI=1S/C14H14O5/c1-14(17,9-4-3-5-10(8-9)18-2)12-7-6-11(19-12)13(15)16/h3-8,17H,1-2H3,(H,15,16). The van der Waals surface area contributed by atoms with Gasteiger partial charge < -0.3 is 19.4 Å². The number of aliphatic hydroxyl groups is 1. The number of carboxylic acid groups (broad SMARTS) is 1. The van der Waals surface area contributed by atoms with Gasteiger partial charge in [-0.25, -0.2) is 4.79 Å². The second-order valence-electron chi connectivity index (χ2n) is 4.27. The number of methoxy groups -OCH3 is 1. The highest BCUT2D eigenvalue weighted by molar-refractivity contribution is 5.84. The normalized spacial score (nSPS) is 13.8. The van der Waals surface area contributed by atoms with Gasteiger partial charge >= 0.3 is 5.97 Å². The first-order valence-electron chi connectivity index (χ1n) is 5.65. The van der Waals surface area contributed by atoms with E-state index in [9.17, 15) is 9.90 Å². The largest absolute Gasteiger partial charge is 0.497 e. The van der Waals surface area contributed by atoms with Crippen LogP contribution in [0.3, 0.4) is 0 Å². The van der Waals surface area contributed by atoms with Gasteiger partial charge in [0.05, 0.1) is 7.11 Å². The van der Waals surface area contributed by atoms with Crippen molar-refractivity contribution < 1.29 is 24.2 Å². The van der Waals surface area contributed by atoms with E-state index >= 15 is 0 Å². The minimum Gasteiger partial charge on any atom is -0.497 e. The summed E-state index contributed by atoms with van der Waals surface area (Å²) in [5.41, 5.74) is -0.875. The predicted octanol–water partition coefficient (Wildman–Crippen LogP) is 2.24. The van der Waals surface area contributed by atoms with Crippen LogP contribution < -0.4 is 4.74 Å². The number of hydrogen-bond acceptors (Lipinski definition) is 4. The lowest BCUT2D eigenvalue weighted by molar-refractivity contribution is 0.0601. The van der Waals surface area contributed by atoms with Crippen LogP contribution in [0.2, 0.25) is 0 Å². The highest BCUT2D eigenvalue weighted by Crippen LogP contribution is 2.32. The zero-order valence-corrected chi connectivity index (χ0v) is 10.6. The Morgan fingerprint density at radius 1 is 1.32 bits per heavy atom. The second kappa shape index (κ2) is 4.78. The Bertz CT molecular complexity index is 597. The molecule has 5 nitrogen and oxygen atoms in total. The van der Waals surface area contributed by atoms with Crippen LogP contribution in [0, 0.1) is 0 Å². The van der Waals surface area contributed by atoms with Gasteiger partial charge in [0, 0.05) is 0 Å². The minimum atomic E-state index is -1.43. The van der Waals surface area contributed by atoms with Crippen molar-refractivity contribution in [2.45, 2.75) is 12.5 Å². The third kappa shape index (κ3) is 2.46. The van der Waals surface area contributed by atoms with E-state index in [0.717, 1.165) is 0 Å². The zero-order valence-electron chi connectivity index (χ0n) is 10.6. The van der Waals surface area contributed by atoms with Gasteiger partial charge in [-0.15, -0.1) is 0 Å². The Hall–Kier alpha value is -2.27. The highest BCUT2D eigenvalue weighted by atomic mass is 16.5. The molecular weight excluding hydrogens is 248 g/mol. The van der Waals surface area contributed by atoms with Crippen LogP contribution in [-0.4, -0.2) is 23.3 Å². The monoisotopic (exact) mass is 262 g/mol. The van der Waals surface area contributed by atoms with E-state index in [1.165, 1.54) is 26.2 Å². The molecule has 1 aromatic heterocycles. The van der Waals surface area contributed by atoms with Crippen LogP contribution in [0.25, 0.3) is 0 Å². The van der Waals surface area contributed by atoms with Gasteiger partial charge in [0.15, 0.2) is 0 Å². The molecule has 1 unspecified atom stereocenters. The molecule has 0 radical (unpaired) electrons. The molecule has 19 heavy (non-hydrogen) atoms. The Morgan fingerprint density at radius 3 is 2.63 bits per heavy atom. The molecule has 2 N–H and O–H groups in total. The van der Waals surface area contributed by atoms with E-state index in [2.05, 4.69) is 0 Å². The fraction of sp³-hybridized carbons (Fsp3) is 0.214. The molecule has 0 saturated carbocycles. The molecule has 1 aromatic carbocycles. The number of aromatic carboxylic acids is 1. The molecular formula is C14H14O5. The summed E-state index contributed by atoms with van der Waals surface area (Å²) in [5.74, 6) is -0.619. The van der Waals surface area contributed by atoms with Crippen molar-refractivity contribution in [3.8, 4) is 5.75 Å². The van der Waals surface area contributed by atoms with E-state index in [1.54, 1.807) is 24.3 Å². The summed E-state index contributed by atoms with van der Waals surface area (Å²) in [5, 5.41) is 19.4. The van der Waals surface area contributed by atoms with Gasteiger partial charge in [0.1, 0.15) is 17.1 Å². The highest BCUT2D eigenvalue weighted by Gasteiger charge is 2.30. The summed E-state index contributed by atoms with van der Waals surface area (Å²) in [7, 11) is 1.53. The number of rotatable bonds is 4. The average molecular weight is 262 g/mol. The van der Waals surface area contributed by atoms with Crippen molar-refractivity contribution in [3.05, 3.63) is 53.5 Å². The number of ether oxygens (including phenoxy) is 1. The number of carboxylic acids is 1. The molecule has 100 valence electrons. The summed E-state index contributed by atoms with van der Waals surface area (Å²) >= 11 is 0. The van der Waals surface area contributed by atoms with Crippen LogP contribution in [-0.2, 0) is 5.60 Å². The van der Waals surface area contributed by atoms with Crippen LogP contribution >= 0.6 is 0 Å². The lowest BCUT2D eigenvalue weighted by Gasteiger charge is -2.21. The molecule has 0 saturated heterocycles. The number of hydrogen-bond donors (Lipinski definition) is 2. The molecule has 5 heteroatoms. The Labute approximate surface area is 110 Å². The van der Waals surface area contributed by atoms with Crippen molar-refractivity contribution in [3.63, 3.8) is 0 Å². The van der Waals surface area contributed by atoms with E-state index in [0.29, 0.717) is 11.3 Å². The first-order valence-corrected chi connectivity index (χ1v) is 5.65. The molecule has 0 amide bonds. The van der Waals surface area contributed by atoms with Gasteiger partial charge in [-0.1, -0.05) is 12.1 Å². The van der Waals surface area contributed by atoms with E-state index in [1.807, 2.05) is 0 Å². The molecule has 2 rings (SSSR count). The molecule has 1 atom stereocenters. The maximum absolute atomic E-state index is 10.8. The predicted molar refractivity (Wildman–Crippen MR) is 67.3 cm³/mol. The smallest absolute Gasteiger partial charge is 0.371 e. The molecule has 0 spiro atoms. The SMILES string of the molecule is COc1cccc(C(C)(O)c2ccc(C(=O)O)o2)c1. The van der Waals surface area contributed by atoms with Crippen LogP contribution in [0.5, 0.6) is 5.75 Å². The van der Waals surface area contributed by atoms with E-state index in [-0.39, 0.29) is 11.5 Å². The number of carbonyl (C=O) groups is 1. The molecule has 0 aliphatic heterocycles. The molecule has 1 heterocycles. The summed E-state index contributed by atoms with van der Waals surface area (Å²) < 4.78 is 10.2. The Balaban J connectivity index is 2.41. The van der Waals surface area contributed by atoms with Crippen LogP contribution in [0.1, 0.15) is 28.8 Å².